The van der Waals surface area contributed by atoms with Crippen LogP contribution >= 0.6 is 23.1 Å². The maximum absolute atomic E-state index is 13.5. The van der Waals surface area contributed by atoms with Gasteiger partial charge in [0.05, 0.1) is 0 Å². The van der Waals surface area contributed by atoms with Crippen molar-refractivity contribution in [3.63, 3.8) is 0 Å². The predicted octanol–water partition coefficient (Wildman–Crippen LogP) is 3.01. The Morgan fingerprint density at radius 3 is 2.50 bits per heavy atom. The van der Waals surface area contributed by atoms with Gasteiger partial charge in [-0.15, -0.1) is 0 Å². The monoisotopic (exact) mass is 279 g/mol. The highest BCUT2D eigenvalue weighted by Crippen LogP contribution is 2.43. The summed E-state index contributed by atoms with van der Waals surface area (Å²) in [5, 5.41) is 0. The Hall–Kier alpha value is -0.210. The van der Waals surface area contributed by atoms with E-state index in [1.807, 2.05) is 0 Å². The Kier molecular flexibility index (Phi) is 3.85. The second-order valence-electron chi connectivity index (χ2n) is 2.98. The van der Waals surface area contributed by atoms with Gasteiger partial charge in [-0.05, 0) is 22.0 Å². The van der Waals surface area contributed by atoms with Crippen molar-refractivity contribution in [2.75, 3.05) is 12.3 Å². The highest BCUT2D eigenvalue weighted by molar-refractivity contribution is 9.10. The quantitative estimate of drug-likeness (QED) is 0.797. The molecule has 1 aromatic heterocycles. The molecular formula is C9H12BrFNOP. The Labute approximate surface area is 91.4 Å². The van der Waals surface area contributed by atoms with E-state index in [1.54, 1.807) is 13.8 Å². The fraction of sp³-hybridized carbons (Fsp3) is 0.444. The minimum atomic E-state index is -2.60. The second-order valence-corrected chi connectivity index (χ2v) is 7.36. The number of nitrogens with zero attached hydrogens (tertiary/aromatic N) is 1. The lowest BCUT2D eigenvalue weighted by atomic mass is 10.5. The van der Waals surface area contributed by atoms with Gasteiger partial charge in [-0.3, -0.25) is 0 Å². The van der Waals surface area contributed by atoms with E-state index in [9.17, 15) is 8.96 Å². The van der Waals surface area contributed by atoms with Crippen molar-refractivity contribution in [2.24, 2.45) is 0 Å². The van der Waals surface area contributed by atoms with Crippen LogP contribution in [0.5, 0.6) is 0 Å². The maximum atomic E-state index is 13.5. The smallest absolute Gasteiger partial charge is 0.153 e. The van der Waals surface area contributed by atoms with Crippen molar-refractivity contribution in [3.05, 3.63) is 22.6 Å². The molecule has 0 atom stereocenters. The molecule has 1 aromatic rings. The molecule has 2 nitrogen and oxygen atoms in total. The maximum Gasteiger partial charge on any atom is 0.153 e. The molecule has 0 aliphatic carbocycles. The molecule has 0 amide bonds. The van der Waals surface area contributed by atoms with Crippen LogP contribution in [0.3, 0.4) is 0 Å². The SMILES string of the molecule is CCP(=O)(CC)c1ncc(Br)cc1F. The van der Waals surface area contributed by atoms with Gasteiger partial charge in [-0.1, -0.05) is 13.8 Å². The van der Waals surface area contributed by atoms with Crippen LogP contribution in [0.25, 0.3) is 0 Å². The summed E-state index contributed by atoms with van der Waals surface area (Å²) in [6.07, 6.45) is 2.39. The summed E-state index contributed by atoms with van der Waals surface area (Å²) >= 11 is 3.11. The molecule has 1 rings (SSSR count). The van der Waals surface area contributed by atoms with Gasteiger partial charge in [0.1, 0.15) is 12.6 Å². The number of hydrogen-bond acceptors (Lipinski definition) is 2. The van der Waals surface area contributed by atoms with Gasteiger partial charge in [0.25, 0.3) is 0 Å². The molecule has 0 aliphatic rings. The molecule has 0 N–H and O–H groups in total. The van der Waals surface area contributed by atoms with Gasteiger partial charge in [0.15, 0.2) is 5.82 Å². The van der Waals surface area contributed by atoms with Crippen LogP contribution in [-0.4, -0.2) is 17.3 Å². The lowest BCUT2D eigenvalue weighted by Crippen LogP contribution is -2.17. The minimum Gasteiger partial charge on any atom is -0.317 e. The first-order chi connectivity index (χ1) is 6.53. The molecule has 0 bridgehead atoms. The first-order valence-corrected chi connectivity index (χ1v) is 7.30. The summed E-state index contributed by atoms with van der Waals surface area (Å²) in [5.74, 6) is -0.480. The van der Waals surface area contributed by atoms with Crippen molar-refractivity contribution in [1.82, 2.24) is 4.98 Å². The Morgan fingerprint density at radius 1 is 1.50 bits per heavy atom. The normalized spacial score (nSPS) is 11.7. The molecule has 0 spiro atoms. The average molecular weight is 280 g/mol. The molecule has 0 unspecified atom stereocenters. The molecule has 0 saturated heterocycles. The van der Waals surface area contributed by atoms with Gasteiger partial charge < -0.3 is 4.57 Å². The first-order valence-electron chi connectivity index (χ1n) is 4.43. The Morgan fingerprint density at radius 2 is 2.07 bits per heavy atom. The number of halogens is 2. The van der Waals surface area contributed by atoms with E-state index >= 15 is 0 Å². The average Bonchev–Trinajstić information content (AvgIpc) is 2.17. The third kappa shape index (κ3) is 2.23. The van der Waals surface area contributed by atoms with Crippen molar-refractivity contribution < 1.29 is 8.96 Å². The second kappa shape index (κ2) is 4.54. The molecule has 14 heavy (non-hydrogen) atoms. The van der Waals surface area contributed by atoms with E-state index in [-0.39, 0.29) is 5.44 Å². The standard InChI is InChI=1S/C9H12BrFNOP/c1-3-14(13,4-2)9-8(11)5-7(10)6-12-9/h5-6H,3-4H2,1-2H3. The molecule has 5 heteroatoms. The predicted molar refractivity (Wildman–Crippen MR) is 60.2 cm³/mol. The van der Waals surface area contributed by atoms with Crippen molar-refractivity contribution >= 4 is 28.5 Å². The van der Waals surface area contributed by atoms with E-state index in [1.165, 1.54) is 12.3 Å². The highest BCUT2D eigenvalue weighted by atomic mass is 79.9. The summed E-state index contributed by atoms with van der Waals surface area (Å²) in [5.41, 5.74) is 0.130. The number of aromatic nitrogens is 1. The van der Waals surface area contributed by atoms with E-state index in [4.69, 9.17) is 0 Å². The van der Waals surface area contributed by atoms with Gasteiger partial charge in [0.2, 0.25) is 0 Å². The minimum absolute atomic E-state index is 0.130. The third-order valence-electron chi connectivity index (χ3n) is 2.20. The van der Waals surface area contributed by atoms with Gasteiger partial charge >= 0.3 is 0 Å². The number of hydrogen-bond donors (Lipinski definition) is 0. The summed E-state index contributed by atoms with van der Waals surface area (Å²) < 4.78 is 26.2. The van der Waals surface area contributed by atoms with Crippen molar-refractivity contribution in [2.45, 2.75) is 13.8 Å². The van der Waals surface area contributed by atoms with Crippen molar-refractivity contribution in [3.8, 4) is 0 Å². The van der Waals surface area contributed by atoms with Crippen molar-refractivity contribution in [1.29, 1.82) is 0 Å². The third-order valence-corrected chi connectivity index (χ3v) is 5.77. The zero-order valence-electron chi connectivity index (χ0n) is 8.13. The van der Waals surface area contributed by atoms with Gasteiger partial charge in [0, 0.05) is 23.0 Å². The fourth-order valence-corrected chi connectivity index (χ4v) is 3.30. The zero-order valence-corrected chi connectivity index (χ0v) is 10.6. The Balaban J connectivity index is 3.25. The summed E-state index contributed by atoms with van der Waals surface area (Å²) in [7, 11) is -2.60. The summed E-state index contributed by atoms with van der Waals surface area (Å²) in [4.78, 5) is 3.91. The molecule has 0 saturated carbocycles. The van der Waals surface area contributed by atoms with Crippen LogP contribution in [0.4, 0.5) is 4.39 Å². The van der Waals surface area contributed by atoms with Crippen LogP contribution in [0.15, 0.2) is 16.7 Å². The fourth-order valence-electron chi connectivity index (χ4n) is 1.23. The molecular weight excluding hydrogens is 268 g/mol. The zero-order chi connectivity index (χ0) is 10.8. The van der Waals surface area contributed by atoms with Crippen LogP contribution in [0.2, 0.25) is 0 Å². The molecule has 0 radical (unpaired) electrons. The topological polar surface area (TPSA) is 30.0 Å². The molecule has 0 fully saturated rings. The lowest BCUT2D eigenvalue weighted by molar-refractivity contribution is 0.577. The molecule has 0 aromatic carbocycles. The van der Waals surface area contributed by atoms with Gasteiger partial charge in [-0.25, -0.2) is 9.37 Å². The summed E-state index contributed by atoms with van der Waals surface area (Å²) in [6.45, 7) is 3.60. The van der Waals surface area contributed by atoms with E-state index < -0.39 is 13.0 Å². The van der Waals surface area contributed by atoms with Gasteiger partial charge in [-0.2, -0.15) is 0 Å². The van der Waals surface area contributed by atoms with E-state index in [0.717, 1.165) is 0 Å². The highest BCUT2D eigenvalue weighted by Gasteiger charge is 2.25. The molecule has 1 heterocycles. The number of rotatable bonds is 3. The van der Waals surface area contributed by atoms with E-state index in [0.29, 0.717) is 16.8 Å². The molecule has 0 aliphatic heterocycles. The summed E-state index contributed by atoms with van der Waals surface area (Å²) in [6, 6.07) is 1.31. The van der Waals surface area contributed by atoms with Crippen LogP contribution < -0.4 is 5.44 Å². The van der Waals surface area contributed by atoms with E-state index in [2.05, 4.69) is 20.9 Å². The van der Waals surface area contributed by atoms with Crippen LogP contribution in [0, 0.1) is 5.82 Å². The largest absolute Gasteiger partial charge is 0.317 e. The lowest BCUT2D eigenvalue weighted by Gasteiger charge is -2.13. The number of pyridine rings is 1. The first kappa shape index (κ1) is 11.9. The Bertz CT molecular complexity index is 375. The van der Waals surface area contributed by atoms with Crippen LogP contribution in [-0.2, 0) is 4.57 Å². The molecule has 78 valence electrons. The van der Waals surface area contributed by atoms with Crippen LogP contribution in [0.1, 0.15) is 13.8 Å².